The van der Waals surface area contributed by atoms with Crippen LogP contribution in [0, 0.1) is 0 Å². The fourth-order valence-electron chi connectivity index (χ4n) is 4.67. The second-order valence-electron chi connectivity index (χ2n) is 9.57. The molecule has 0 saturated heterocycles. The van der Waals surface area contributed by atoms with E-state index in [1.807, 2.05) is 12.1 Å². The molecule has 1 atom stereocenters. The lowest BCUT2D eigenvalue weighted by atomic mass is 9.95. The number of anilines is 1. The second kappa shape index (κ2) is 13.3. The van der Waals surface area contributed by atoms with Gasteiger partial charge in [0.2, 0.25) is 4.74 Å². The Kier molecular flexibility index (Phi) is 10.5. The molecule has 3 aromatic rings. The number of hydrogen-bond acceptors (Lipinski definition) is 5. The third kappa shape index (κ3) is 7.59. The molecule has 0 saturated carbocycles. The van der Waals surface area contributed by atoms with E-state index < -0.39 is 0 Å². The van der Waals surface area contributed by atoms with Crippen LogP contribution in [0.4, 0.5) is 5.69 Å². The summed E-state index contributed by atoms with van der Waals surface area (Å²) in [6.45, 7) is 5.70. The lowest BCUT2D eigenvalue weighted by Crippen LogP contribution is -2.35. The summed E-state index contributed by atoms with van der Waals surface area (Å²) < 4.78 is 1.36. The summed E-state index contributed by atoms with van der Waals surface area (Å²) in [5.74, 6) is 1.21. The Bertz CT molecular complexity index is 1060. The van der Waals surface area contributed by atoms with E-state index in [0.29, 0.717) is 6.04 Å². The molecule has 0 aliphatic carbocycles. The fourth-order valence-corrected chi connectivity index (χ4v) is 6.78. The summed E-state index contributed by atoms with van der Waals surface area (Å²) in [6, 6.07) is 21.2. The molecule has 3 rings (SSSR count). The number of nitrogens with one attached hydrogen (secondary N) is 1. The fraction of sp³-hybridized carbons (Fsp3) is 0.483. The Morgan fingerprint density at radius 2 is 1.59 bits per heavy atom. The molecule has 0 fully saturated rings. The van der Waals surface area contributed by atoms with Crippen LogP contribution in [-0.4, -0.2) is 31.1 Å². The third-order valence-electron chi connectivity index (χ3n) is 6.52. The normalized spacial score (nSPS) is 12.7. The lowest BCUT2D eigenvalue weighted by molar-refractivity contribution is 0.482. The highest BCUT2D eigenvalue weighted by Crippen LogP contribution is 2.37. The van der Waals surface area contributed by atoms with Crippen LogP contribution in [-0.2, 0) is 0 Å². The summed E-state index contributed by atoms with van der Waals surface area (Å²) in [4.78, 5) is 14.3. The minimum Gasteiger partial charge on any atom is -0.374 e. The van der Waals surface area contributed by atoms with Crippen LogP contribution in [0.5, 0.6) is 0 Å². The van der Waals surface area contributed by atoms with E-state index in [1.54, 1.807) is 6.07 Å². The molecule has 0 aliphatic heterocycles. The highest BCUT2D eigenvalue weighted by molar-refractivity contribution is 8.00. The lowest BCUT2D eigenvalue weighted by Gasteiger charge is -2.34. The molecule has 34 heavy (non-hydrogen) atoms. The van der Waals surface area contributed by atoms with Gasteiger partial charge in [0.15, 0.2) is 0 Å². The van der Waals surface area contributed by atoms with Crippen LogP contribution in [0.2, 0.25) is 0 Å². The number of nitrogens with zero attached hydrogens (tertiary/aromatic N) is 1. The smallest absolute Gasteiger partial charge is 0.234 e. The van der Waals surface area contributed by atoms with E-state index in [-0.39, 0.29) is 9.49 Å². The van der Waals surface area contributed by atoms with Crippen molar-refractivity contribution in [1.29, 1.82) is 0 Å². The van der Waals surface area contributed by atoms with Crippen molar-refractivity contribution in [2.75, 3.05) is 31.3 Å². The molecule has 0 amide bonds. The molecule has 0 aliphatic rings. The van der Waals surface area contributed by atoms with Gasteiger partial charge in [0.25, 0.3) is 0 Å². The van der Waals surface area contributed by atoms with Gasteiger partial charge < -0.3 is 10.2 Å². The maximum absolute atomic E-state index is 12.1. The number of benzene rings is 2. The zero-order valence-electron chi connectivity index (χ0n) is 21.2. The Balaban J connectivity index is 1.32. The third-order valence-corrected chi connectivity index (χ3v) is 8.89. The van der Waals surface area contributed by atoms with Crippen molar-refractivity contribution < 1.29 is 0 Å². The number of fused-ring (bicyclic) bond motifs is 1. The minimum atomic E-state index is 0.131. The molecule has 0 bridgehead atoms. The summed E-state index contributed by atoms with van der Waals surface area (Å²) in [5, 5.41) is 4.71. The van der Waals surface area contributed by atoms with Gasteiger partial charge in [-0.3, -0.25) is 4.79 Å². The number of rotatable bonds is 14. The molecule has 1 N–H and O–H groups in total. The van der Waals surface area contributed by atoms with Crippen LogP contribution < -0.4 is 15.0 Å². The highest BCUT2D eigenvalue weighted by atomic mass is 32.2. The summed E-state index contributed by atoms with van der Waals surface area (Å²) in [5.41, 5.74) is 2.43. The van der Waals surface area contributed by atoms with E-state index in [9.17, 15) is 4.79 Å². The average molecular weight is 497 g/mol. The van der Waals surface area contributed by atoms with Gasteiger partial charge in [-0.05, 0) is 51.1 Å². The molecule has 1 unspecified atom stereocenters. The Morgan fingerprint density at radius 3 is 2.32 bits per heavy atom. The van der Waals surface area contributed by atoms with E-state index in [0.717, 1.165) is 16.9 Å². The molecule has 0 spiro atoms. The van der Waals surface area contributed by atoms with E-state index in [2.05, 4.69) is 92.4 Å². The minimum absolute atomic E-state index is 0.131. The van der Waals surface area contributed by atoms with Crippen molar-refractivity contribution in [3.63, 3.8) is 0 Å². The quantitative estimate of drug-likeness (QED) is 0.234. The Hall–Kier alpha value is -1.82. The van der Waals surface area contributed by atoms with Gasteiger partial charge in [0.05, 0.1) is 0 Å². The van der Waals surface area contributed by atoms with Crippen molar-refractivity contribution in [2.24, 2.45) is 0 Å². The average Bonchev–Trinajstić information content (AvgIpc) is 2.83. The zero-order chi connectivity index (χ0) is 24.4. The van der Waals surface area contributed by atoms with Crippen molar-refractivity contribution >= 4 is 38.9 Å². The molecule has 0 radical (unpaired) electrons. The van der Waals surface area contributed by atoms with Gasteiger partial charge in [-0.15, -0.1) is 0 Å². The maximum Gasteiger partial charge on any atom is 0.234 e. The van der Waals surface area contributed by atoms with Crippen LogP contribution in [0.1, 0.15) is 64.0 Å². The first-order valence-electron chi connectivity index (χ1n) is 12.5. The van der Waals surface area contributed by atoms with Crippen LogP contribution >= 0.6 is 23.1 Å². The molecule has 1 aromatic heterocycles. The van der Waals surface area contributed by atoms with Gasteiger partial charge >= 0.3 is 0 Å². The summed E-state index contributed by atoms with van der Waals surface area (Å²) in [6.07, 6.45) is 7.59. The second-order valence-corrected chi connectivity index (χ2v) is 12.4. The molecule has 3 nitrogen and oxygen atoms in total. The van der Waals surface area contributed by atoms with Gasteiger partial charge in [-0.25, -0.2) is 0 Å². The largest absolute Gasteiger partial charge is 0.374 e. The van der Waals surface area contributed by atoms with Gasteiger partial charge in [-0.1, -0.05) is 85.6 Å². The number of unbranched alkanes of at least 4 members (excludes halogenated alkanes) is 5. The van der Waals surface area contributed by atoms with E-state index in [4.69, 9.17) is 0 Å². The molecule has 184 valence electrons. The zero-order valence-corrected chi connectivity index (χ0v) is 22.8. The van der Waals surface area contributed by atoms with Crippen molar-refractivity contribution in [3.05, 3.63) is 75.8 Å². The van der Waals surface area contributed by atoms with Crippen LogP contribution in [0.3, 0.4) is 0 Å². The van der Waals surface area contributed by atoms with Crippen LogP contribution in [0.25, 0.3) is 10.1 Å². The van der Waals surface area contributed by atoms with Crippen molar-refractivity contribution in [2.45, 2.75) is 63.2 Å². The molecule has 1 heterocycles. The summed E-state index contributed by atoms with van der Waals surface area (Å²) >= 11 is 3.41. The molecular weight excluding hydrogens is 456 g/mol. The molecule has 2 aromatic carbocycles. The van der Waals surface area contributed by atoms with Crippen LogP contribution in [0.15, 0.2) is 65.5 Å². The Morgan fingerprint density at radius 1 is 0.941 bits per heavy atom. The standard InChI is InChI=1S/C29H40N2OS2/c1-29(2,28(30-3)23-16-10-9-11-17-23)33-21-15-8-6-5-7-14-20-31(4)25-22-27(32)34-26-19-13-12-18-24(25)26/h9-13,16-19,22,28,30H,5-8,14-15,20-21H2,1-4H3. The number of thioether (sulfide) groups is 1. The van der Waals surface area contributed by atoms with Crippen molar-refractivity contribution in [3.8, 4) is 0 Å². The van der Waals surface area contributed by atoms with Crippen molar-refractivity contribution in [1.82, 2.24) is 5.32 Å². The first-order chi connectivity index (χ1) is 16.4. The van der Waals surface area contributed by atoms with Gasteiger partial charge in [0.1, 0.15) is 0 Å². The van der Waals surface area contributed by atoms with E-state index >= 15 is 0 Å². The topological polar surface area (TPSA) is 32.3 Å². The summed E-state index contributed by atoms with van der Waals surface area (Å²) in [7, 11) is 4.18. The first kappa shape index (κ1) is 26.8. The highest BCUT2D eigenvalue weighted by Gasteiger charge is 2.29. The molecular formula is C29H40N2OS2. The monoisotopic (exact) mass is 496 g/mol. The predicted octanol–water partition coefficient (Wildman–Crippen LogP) is 7.51. The SMILES string of the molecule is CNC(c1ccccc1)C(C)(C)SCCCCCCCCN(C)c1cc(=O)sc2ccccc12. The Labute approximate surface area is 214 Å². The van der Waals surface area contributed by atoms with E-state index in [1.165, 1.54) is 66.6 Å². The first-order valence-corrected chi connectivity index (χ1v) is 14.3. The molecule has 5 heteroatoms. The van der Waals surface area contributed by atoms with Gasteiger partial charge in [0, 0.05) is 46.2 Å². The van der Waals surface area contributed by atoms with Gasteiger partial charge in [-0.2, -0.15) is 11.8 Å². The predicted molar refractivity (Wildman–Crippen MR) is 154 cm³/mol. The maximum atomic E-state index is 12.1. The number of hydrogen-bond donors (Lipinski definition) is 1.